The average Bonchev–Trinajstić information content (AvgIpc) is 2.64. The lowest BCUT2D eigenvalue weighted by atomic mass is 9.98. The molecule has 1 atom stereocenters. The summed E-state index contributed by atoms with van der Waals surface area (Å²) in [4.78, 5) is 14.2. The Labute approximate surface area is 129 Å². The van der Waals surface area contributed by atoms with E-state index < -0.39 is 0 Å². The molecule has 1 amide bonds. The standard InChI is InChI=1S/C16H22BrNO2/c1-3-12-4-7-16(19)18(9-8-12)11-13-10-14(20-2)5-6-15(13)17/h5-6,10,12H,3-4,7-9,11H2,1-2H3. The molecule has 0 bridgehead atoms. The summed E-state index contributed by atoms with van der Waals surface area (Å²) in [6.45, 7) is 3.73. The van der Waals surface area contributed by atoms with E-state index in [-0.39, 0.29) is 5.91 Å². The Bertz CT molecular complexity index is 476. The highest BCUT2D eigenvalue weighted by molar-refractivity contribution is 9.10. The van der Waals surface area contributed by atoms with Gasteiger partial charge in [0.15, 0.2) is 0 Å². The first-order valence-electron chi connectivity index (χ1n) is 7.24. The van der Waals surface area contributed by atoms with Crippen molar-refractivity contribution >= 4 is 21.8 Å². The lowest BCUT2D eigenvalue weighted by molar-refractivity contribution is -0.131. The number of hydrogen-bond donors (Lipinski definition) is 0. The summed E-state index contributed by atoms with van der Waals surface area (Å²) >= 11 is 3.56. The summed E-state index contributed by atoms with van der Waals surface area (Å²) in [7, 11) is 1.66. The van der Waals surface area contributed by atoms with Gasteiger partial charge in [-0.3, -0.25) is 4.79 Å². The number of ether oxygens (including phenoxy) is 1. The predicted octanol–water partition coefficient (Wildman–Crippen LogP) is 4.00. The third kappa shape index (κ3) is 3.75. The SMILES string of the molecule is CCC1CCC(=O)N(Cc2cc(OC)ccc2Br)CC1. The van der Waals surface area contributed by atoms with Gasteiger partial charge in [-0.1, -0.05) is 29.3 Å². The van der Waals surface area contributed by atoms with Gasteiger partial charge in [-0.25, -0.2) is 0 Å². The monoisotopic (exact) mass is 339 g/mol. The molecule has 1 fully saturated rings. The molecule has 1 aliphatic rings. The second-order valence-corrected chi connectivity index (χ2v) is 6.23. The van der Waals surface area contributed by atoms with Gasteiger partial charge in [0, 0.05) is 24.0 Å². The molecule has 1 aromatic rings. The first-order valence-corrected chi connectivity index (χ1v) is 8.03. The number of nitrogens with zero attached hydrogens (tertiary/aromatic N) is 1. The van der Waals surface area contributed by atoms with E-state index in [0.29, 0.717) is 18.9 Å². The maximum absolute atomic E-state index is 12.2. The van der Waals surface area contributed by atoms with E-state index in [2.05, 4.69) is 22.9 Å². The van der Waals surface area contributed by atoms with Gasteiger partial charge in [0.1, 0.15) is 5.75 Å². The van der Waals surface area contributed by atoms with Crippen molar-refractivity contribution in [3.8, 4) is 5.75 Å². The molecule has 0 aromatic heterocycles. The van der Waals surface area contributed by atoms with E-state index in [1.807, 2.05) is 23.1 Å². The minimum atomic E-state index is 0.274. The summed E-state index contributed by atoms with van der Waals surface area (Å²) in [5.74, 6) is 1.80. The van der Waals surface area contributed by atoms with Crippen LogP contribution < -0.4 is 4.74 Å². The molecule has 2 rings (SSSR count). The van der Waals surface area contributed by atoms with Crippen LogP contribution in [0.4, 0.5) is 0 Å². The molecule has 0 aliphatic carbocycles. The molecular formula is C16H22BrNO2. The van der Waals surface area contributed by atoms with Crippen molar-refractivity contribution in [2.24, 2.45) is 5.92 Å². The fourth-order valence-corrected chi connectivity index (χ4v) is 3.05. The van der Waals surface area contributed by atoms with Crippen LogP contribution in [-0.2, 0) is 11.3 Å². The Balaban J connectivity index is 2.10. The Morgan fingerprint density at radius 2 is 2.20 bits per heavy atom. The number of carbonyl (C=O) groups is 1. The quantitative estimate of drug-likeness (QED) is 0.829. The zero-order valence-corrected chi connectivity index (χ0v) is 13.8. The fourth-order valence-electron chi connectivity index (χ4n) is 2.67. The summed E-state index contributed by atoms with van der Waals surface area (Å²) in [6, 6.07) is 5.90. The summed E-state index contributed by atoms with van der Waals surface area (Å²) in [6.07, 6.45) is 4.00. The zero-order valence-electron chi connectivity index (χ0n) is 12.2. The molecule has 0 spiro atoms. The van der Waals surface area contributed by atoms with E-state index >= 15 is 0 Å². The van der Waals surface area contributed by atoms with Crippen LogP contribution >= 0.6 is 15.9 Å². The van der Waals surface area contributed by atoms with Crippen LogP contribution in [0.15, 0.2) is 22.7 Å². The topological polar surface area (TPSA) is 29.5 Å². The Kier molecular flexibility index (Phi) is 5.46. The highest BCUT2D eigenvalue weighted by Crippen LogP contribution is 2.26. The number of likely N-dealkylation sites (tertiary alicyclic amines) is 1. The van der Waals surface area contributed by atoms with Crippen LogP contribution in [0.5, 0.6) is 5.75 Å². The fraction of sp³-hybridized carbons (Fsp3) is 0.562. The van der Waals surface area contributed by atoms with Crippen molar-refractivity contribution < 1.29 is 9.53 Å². The predicted molar refractivity (Wildman–Crippen MR) is 83.7 cm³/mol. The van der Waals surface area contributed by atoms with E-state index in [1.165, 1.54) is 6.42 Å². The van der Waals surface area contributed by atoms with Gasteiger partial charge in [0.25, 0.3) is 0 Å². The summed E-state index contributed by atoms with van der Waals surface area (Å²) in [5, 5.41) is 0. The molecule has 0 saturated carbocycles. The highest BCUT2D eigenvalue weighted by atomic mass is 79.9. The summed E-state index contributed by atoms with van der Waals surface area (Å²) in [5.41, 5.74) is 1.10. The van der Waals surface area contributed by atoms with Crippen molar-refractivity contribution in [2.75, 3.05) is 13.7 Å². The Hall–Kier alpha value is -1.03. The van der Waals surface area contributed by atoms with Gasteiger partial charge in [-0.15, -0.1) is 0 Å². The smallest absolute Gasteiger partial charge is 0.222 e. The van der Waals surface area contributed by atoms with Crippen LogP contribution in [-0.4, -0.2) is 24.5 Å². The third-order valence-electron chi connectivity index (χ3n) is 4.12. The summed E-state index contributed by atoms with van der Waals surface area (Å²) < 4.78 is 6.29. The van der Waals surface area contributed by atoms with Crippen molar-refractivity contribution in [1.82, 2.24) is 4.90 Å². The number of hydrogen-bond acceptors (Lipinski definition) is 2. The lowest BCUT2D eigenvalue weighted by Crippen LogP contribution is -2.29. The van der Waals surface area contributed by atoms with Crippen LogP contribution in [0.3, 0.4) is 0 Å². The number of methoxy groups -OCH3 is 1. The van der Waals surface area contributed by atoms with Gasteiger partial charge in [-0.2, -0.15) is 0 Å². The van der Waals surface area contributed by atoms with Crippen molar-refractivity contribution in [1.29, 1.82) is 0 Å². The first-order chi connectivity index (χ1) is 9.63. The number of rotatable bonds is 4. The maximum atomic E-state index is 12.2. The maximum Gasteiger partial charge on any atom is 0.222 e. The van der Waals surface area contributed by atoms with Gasteiger partial charge in [0.2, 0.25) is 5.91 Å². The number of carbonyl (C=O) groups excluding carboxylic acids is 1. The van der Waals surface area contributed by atoms with Gasteiger partial charge in [-0.05, 0) is 42.5 Å². The van der Waals surface area contributed by atoms with Crippen LogP contribution in [0.1, 0.15) is 38.2 Å². The van der Waals surface area contributed by atoms with Gasteiger partial charge < -0.3 is 9.64 Å². The molecule has 4 heteroatoms. The molecule has 110 valence electrons. The van der Waals surface area contributed by atoms with Gasteiger partial charge >= 0.3 is 0 Å². The molecule has 0 radical (unpaired) electrons. The van der Waals surface area contributed by atoms with E-state index in [1.54, 1.807) is 7.11 Å². The van der Waals surface area contributed by atoms with Crippen LogP contribution in [0, 0.1) is 5.92 Å². The van der Waals surface area contributed by atoms with Crippen molar-refractivity contribution in [3.05, 3.63) is 28.2 Å². The molecule has 1 unspecified atom stereocenters. The number of amides is 1. The van der Waals surface area contributed by atoms with Crippen molar-refractivity contribution in [3.63, 3.8) is 0 Å². The number of halogens is 1. The third-order valence-corrected chi connectivity index (χ3v) is 4.89. The molecule has 3 nitrogen and oxygen atoms in total. The van der Waals surface area contributed by atoms with Crippen LogP contribution in [0.25, 0.3) is 0 Å². The van der Waals surface area contributed by atoms with E-state index in [9.17, 15) is 4.79 Å². The molecular weight excluding hydrogens is 318 g/mol. The average molecular weight is 340 g/mol. The molecule has 1 saturated heterocycles. The minimum Gasteiger partial charge on any atom is -0.497 e. The van der Waals surface area contributed by atoms with Crippen molar-refractivity contribution in [2.45, 2.75) is 39.2 Å². The number of benzene rings is 1. The van der Waals surface area contributed by atoms with E-state index in [4.69, 9.17) is 4.74 Å². The molecule has 20 heavy (non-hydrogen) atoms. The molecule has 1 heterocycles. The Morgan fingerprint density at radius 1 is 1.40 bits per heavy atom. The first kappa shape index (κ1) is 15.4. The van der Waals surface area contributed by atoms with Gasteiger partial charge in [0.05, 0.1) is 7.11 Å². The minimum absolute atomic E-state index is 0.274. The molecule has 1 aliphatic heterocycles. The second kappa shape index (κ2) is 7.11. The largest absolute Gasteiger partial charge is 0.497 e. The normalized spacial score (nSPS) is 19.9. The second-order valence-electron chi connectivity index (χ2n) is 5.37. The Morgan fingerprint density at radius 3 is 2.90 bits per heavy atom. The zero-order chi connectivity index (χ0) is 14.5. The molecule has 0 N–H and O–H groups in total. The van der Waals surface area contributed by atoms with Crippen LogP contribution in [0.2, 0.25) is 0 Å². The molecule has 1 aromatic carbocycles. The van der Waals surface area contributed by atoms with E-state index in [0.717, 1.165) is 35.2 Å². The highest BCUT2D eigenvalue weighted by Gasteiger charge is 2.22. The lowest BCUT2D eigenvalue weighted by Gasteiger charge is -2.22.